The molecule has 0 amide bonds. The molecule has 136 valence electrons. The Labute approximate surface area is 132 Å². The van der Waals surface area contributed by atoms with Crippen LogP contribution < -0.4 is 0 Å². The summed E-state index contributed by atoms with van der Waals surface area (Å²) in [5.74, 6) is 0. The van der Waals surface area contributed by atoms with Gasteiger partial charge in [0.05, 0.1) is 19.3 Å². The van der Waals surface area contributed by atoms with Gasteiger partial charge in [0, 0.05) is 0 Å². The minimum absolute atomic E-state index is 0.518. The van der Waals surface area contributed by atoms with Crippen molar-refractivity contribution in [3.8, 4) is 0 Å². The second-order valence-electron chi connectivity index (χ2n) is 5.84. The van der Waals surface area contributed by atoms with E-state index < -0.39 is 74.4 Å². The molecule has 0 aromatic carbocycles. The van der Waals surface area contributed by atoms with Crippen LogP contribution in [0.15, 0.2) is 0 Å². The third-order valence-electron chi connectivity index (χ3n) is 4.24. The van der Waals surface area contributed by atoms with Crippen LogP contribution in [0.3, 0.4) is 0 Å². The van der Waals surface area contributed by atoms with Gasteiger partial charge < -0.3 is 50.0 Å². The van der Waals surface area contributed by atoms with Crippen LogP contribution in [0, 0.1) is 0 Å². The second-order valence-corrected chi connectivity index (χ2v) is 5.84. The number of rotatable bonds is 4. The zero-order valence-electron chi connectivity index (χ0n) is 12.5. The first-order valence-corrected chi connectivity index (χ1v) is 7.40. The molecule has 10 nitrogen and oxygen atoms in total. The Morgan fingerprint density at radius 3 is 1.91 bits per heavy atom. The van der Waals surface area contributed by atoms with E-state index >= 15 is 0 Å². The lowest BCUT2D eigenvalue weighted by Gasteiger charge is -2.45. The van der Waals surface area contributed by atoms with Crippen LogP contribution in [-0.2, 0) is 14.2 Å². The maximum absolute atomic E-state index is 10.1. The molecule has 2 heterocycles. The van der Waals surface area contributed by atoms with E-state index in [-0.39, 0.29) is 0 Å². The maximum Gasteiger partial charge on any atom is 0.187 e. The molecule has 2 saturated heterocycles. The Morgan fingerprint density at radius 1 is 0.739 bits per heavy atom. The zero-order valence-corrected chi connectivity index (χ0v) is 12.5. The number of aliphatic hydroxyl groups excluding tert-OH is 7. The summed E-state index contributed by atoms with van der Waals surface area (Å²) < 4.78 is 15.9. The van der Waals surface area contributed by atoms with Gasteiger partial charge in [0.25, 0.3) is 0 Å². The van der Waals surface area contributed by atoms with Gasteiger partial charge in [-0.15, -0.1) is 0 Å². The van der Waals surface area contributed by atoms with Crippen molar-refractivity contribution in [3.63, 3.8) is 0 Å². The number of hydrogen-bond donors (Lipinski definition) is 7. The first-order chi connectivity index (χ1) is 10.8. The Balaban J connectivity index is 2.11. The summed E-state index contributed by atoms with van der Waals surface area (Å²) >= 11 is 0. The minimum Gasteiger partial charge on any atom is -0.394 e. The smallest absolute Gasteiger partial charge is 0.187 e. The number of ether oxygens (including phenoxy) is 3. The van der Waals surface area contributed by atoms with Gasteiger partial charge in [0.1, 0.15) is 48.8 Å². The second kappa shape index (κ2) is 7.66. The van der Waals surface area contributed by atoms with Crippen molar-refractivity contribution in [1.82, 2.24) is 0 Å². The molecule has 23 heavy (non-hydrogen) atoms. The molecule has 2 rings (SSSR count). The lowest BCUT2D eigenvalue weighted by molar-refractivity contribution is -0.341. The summed E-state index contributed by atoms with van der Waals surface area (Å²) in [4.78, 5) is 0. The van der Waals surface area contributed by atoms with Crippen molar-refractivity contribution < 1.29 is 50.0 Å². The van der Waals surface area contributed by atoms with Crippen molar-refractivity contribution >= 4 is 0 Å². The zero-order chi connectivity index (χ0) is 17.3. The molecule has 0 aromatic rings. The van der Waals surface area contributed by atoms with Crippen molar-refractivity contribution in [2.75, 3.05) is 13.2 Å². The van der Waals surface area contributed by atoms with E-state index in [2.05, 4.69) is 0 Å². The maximum atomic E-state index is 10.1. The van der Waals surface area contributed by atoms with E-state index in [1.165, 1.54) is 6.92 Å². The highest BCUT2D eigenvalue weighted by Crippen LogP contribution is 2.28. The normalized spacial score (nSPS) is 51.7. The third-order valence-corrected chi connectivity index (χ3v) is 4.24. The summed E-state index contributed by atoms with van der Waals surface area (Å²) in [6, 6.07) is 0. The molecule has 2 fully saturated rings. The fraction of sp³-hybridized carbons (Fsp3) is 1.00. The number of hydrogen-bond acceptors (Lipinski definition) is 10. The molecule has 10 heteroatoms. The standard InChI is InChI=1S/C13H24O10/c1-4-7(16)10(19)12(6(3-15)21-4)23-13-11(20)9(18)8(17)5(2-14)22-13/h4-20H,2-3H2,1H3/t4-,5?,6?,7?,8+,9-,10+,11?,12+,13-/m0/s1. The Kier molecular flexibility index (Phi) is 6.30. The third kappa shape index (κ3) is 3.66. The lowest BCUT2D eigenvalue weighted by Crippen LogP contribution is -2.64. The van der Waals surface area contributed by atoms with Gasteiger partial charge in [-0.05, 0) is 6.92 Å². The Morgan fingerprint density at radius 2 is 1.35 bits per heavy atom. The lowest BCUT2D eigenvalue weighted by atomic mass is 9.95. The van der Waals surface area contributed by atoms with Crippen molar-refractivity contribution in [2.45, 2.75) is 68.1 Å². The van der Waals surface area contributed by atoms with E-state index in [9.17, 15) is 30.6 Å². The van der Waals surface area contributed by atoms with E-state index in [1.807, 2.05) is 0 Å². The van der Waals surface area contributed by atoms with E-state index in [4.69, 9.17) is 19.3 Å². The topological polar surface area (TPSA) is 169 Å². The van der Waals surface area contributed by atoms with Gasteiger partial charge in [-0.25, -0.2) is 0 Å². The first kappa shape index (κ1) is 18.9. The largest absolute Gasteiger partial charge is 0.394 e. The molecule has 0 bridgehead atoms. The number of aliphatic hydroxyl groups is 7. The molecular weight excluding hydrogens is 316 g/mol. The van der Waals surface area contributed by atoms with Crippen LogP contribution in [-0.4, -0.2) is 110 Å². The molecule has 0 aromatic heterocycles. The molecule has 0 spiro atoms. The van der Waals surface area contributed by atoms with Crippen molar-refractivity contribution in [2.24, 2.45) is 0 Å². The molecule has 10 atom stereocenters. The van der Waals surface area contributed by atoms with Gasteiger partial charge >= 0.3 is 0 Å². The predicted molar refractivity (Wildman–Crippen MR) is 72.1 cm³/mol. The van der Waals surface area contributed by atoms with Crippen LogP contribution in [0.1, 0.15) is 6.92 Å². The molecule has 2 aliphatic heterocycles. The van der Waals surface area contributed by atoms with Gasteiger partial charge in [-0.1, -0.05) is 0 Å². The van der Waals surface area contributed by atoms with E-state index in [1.54, 1.807) is 0 Å². The summed E-state index contributed by atoms with van der Waals surface area (Å²) in [5.41, 5.74) is 0. The average molecular weight is 340 g/mol. The van der Waals surface area contributed by atoms with Gasteiger partial charge in [-0.3, -0.25) is 0 Å². The highest BCUT2D eigenvalue weighted by atomic mass is 16.7. The molecule has 0 radical (unpaired) electrons. The van der Waals surface area contributed by atoms with Crippen LogP contribution in [0.5, 0.6) is 0 Å². The summed E-state index contributed by atoms with van der Waals surface area (Å²) in [6.07, 6.45) is -13.2. The molecule has 2 aliphatic rings. The van der Waals surface area contributed by atoms with Gasteiger partial charge in [-0.2, -0.15) is 0 Å². The molecule has 7 N–H and O–H groups in total. The fourth-order valence-corrected chi connectivity index (χ4v) is 2.78. The first-order valence-electron chi connectivity index (χ1n) is 7.40. The van der Waals surface area contributed by atoms with Gasteiger partial charge in [0.15, 0.2) is 6.29 Å². The Hall–Kier alpha value is -0.400. The highest BCUT2D eigenvalue weighted by molar-refractivity contribution is 4.94. The Bertz CT molecular complexity index is 378. The van der Waals surface area contributed by atoms with Crippen LogP contribution in [0.2, 0.25) is 0 Å². The van der Waals surface area contributed by atoms with E-state index in [0.717, 1.165) is 0 Å². The fourth-order valence-electron chi connectivity index (χ4n) is 2.78. The van der Waals surface area contributed by atoms with Gasteiger partial charge in [0.2, 0.25) is 0 Å². The molecular formula is C13H24O10. The summed E-state index contributed by atoms with van der Waals surface area (Å²) in [5, 5.41) is 67.8. The highest BCUT2D eigenvalue weighted by Gasteiger charge is 2.49. The molecule has 0 aliphatic carbocycles. The van der Waals surface area contributed by atoms with Crippen molar-refractivity contribution in [3.05, 3.63) is 0 Å². The van der Waals surface area contributed by atoms with Crippen LogP contribution >= 0.6 is 0 Å². The average Bonchev–Trinajstić information content (AvgIpc) is 2.55. The molecule has 0 saturated carbocycles. The van der Waals surface area contributed by atoms with Crippen molar-refractivity contribution in [1.29, 1.82) is 0 Å². The SMILES string of the molecule is C[C@@H]1OC(CO)[C@@H](O[C@@H]2OC(CO)[C@@H](O)[C@H](O)C2O)[C@H](O)C1O. The van der Waals surface area contributed by atoms with E-state index in [0.29, 0.717) is 0 Å². The molecule has 4 unspecified atom stereocenters. The van der Waals surface area contributed by atoms with Crippen LogP contribution in [0.25, 0.3) is 0 Å². The summed E-state index contributed by atoms with van der Waals surface area (Å²) in [7, 11) is 0. The quantitative estimate of drug-likeness (QED) is 0.265. The van der Waals surface area contributed by atoms with Crippen LogP contribution in [0.4, 0.5) is 0 Å². The minimum atomic E-state index is -1.66. The predicted octanol–water partition coefficient (Wildman–Crippen LogP) is -4.33. The summed E-state index contributed by atoms with van der Waals surface area (Å²) in [6.45, 7) is 0.369. The monoisotopic (exact) mass is 340 g/mol.